The van der Waals surface area contributed by atoms with Gasteiger partial charge in [0.1, 0.15) is 0 Å². The zero-order valence-corrected chi connectivity index (χ0v) is 34.6. The average molecular weight is 742 g/mol. The molecule has 0 radical (unpaired) electrons. The number of pyridine rings is 2. The minimum absolute atomic E-state index is 0. The van der Waals surface area contributed by atoms with Crippen LogP contribution in [0.3, 0.4) is 0 Å². The molecule has 290 valence electrons. The number of fused-ring (bicyclic) bond motifs is 4. The molecular weight excluding hydrogens is 679 g/mol. The van der Waals surface area contributed by atoms with Gasteiger partial charge in [-0.05, 0) is 103 Å². The number of hydrogen-bond acceptors (Lipinski definition) is 3. The lowest BCUT2D eigenvalue weighted by Gasteiger charge is -2.14. The maximum atomic E-state index is 4.40. The molecule has 0 atom stereocenters. The third-order valence-corrected chi connectivity index (χ3v) is 10.1. The molecule has 0 saturated heterocycles. The number of anilines is 1. The Morgan fingerprint density at radius 1 is 0.393 bits per heavy atom. The maximum absolute atomic E-state index is 4.40. The van der Waals surface area contributed by atoms with E-state index in [1.54, 1.807) is 0 Å². The second-order valence-corrected chi connectivity index (χ2v) is 15.9. The van der Waals surface area contributed by atoms with Crippen molar-refractivity contribution in [2.24, 2.45) is 0 Å². The predicted octanol–water partition coefficient (Wildman–Crippen LogP) is 15.3. The van der Waals surface area contributed by atoms with Gasteiger partial charge < -0.3 is 4.90 Å². The van der Waals surface area contributed by atoms with E-state index in [0.29, 0.717) is 23.7 Å². The quantitative estimate of drug-likeness (QED) is 0.176. The van der Waals surface area contributed by atoms with Crippen LogP contribution in [0.2, 0.25) is 0 Å². The first-order chi connectivity index (χ1) is 26.4. The Bertz CT molecular complexity index is 2190. The summed E-state index contributed by atoms with van der Waals surface area (Å²) in [6, 6.07) is 47.6. The molecule has 0 aliphatic carbocycles. The molecule has 56 heavy (non-hydrogen) atoms. The molecule has 0 amide bonds. The Hall–Kier alpha value is -5.54. The second kappa shape index (κ2) is 20.4. The van der Waals surface area contributed by atoms with E-state index in [1.165, 1.54) is 65.6 Å². The molecule has 0 fully saturated rings. The number of benzene rings is 6. The Kier molecular flexibility index (Phi) is 15.7. The van der Waals surface area contributed by atoms with Gasteiger partial charge in [-0.15, -0.1) is 0 Å². The largest absolute Gasteiger partial charge is 0.378 e. The van der Waals surface area contributed by atoms with E-state index in [2.05, 4.69) is 200 Å². The van der Waals surface area contributed by atoms with Gasteiger partial charge in [-0.1, -0.05) is 166 Å². The number of hydrogen-bond donors (Lipinski definition) is 0. The van der Waals surface area contributed by atoms with Crippen LogP contribution in [0, 0.1) is 0 Å². The molecule has 0 bridgehead atoms. The van der Waals surface area contributed by atoms with Crippen LogP contribution in [0.15, 0.2) is 152 Å². The number of nitrogens with zero attached hydrogens (tertiary/aromatic N) is 3. The van der Waals surface area contributed by atoms with Gasteiger partial charge in [0.15, 0.2) is 0 Å². The van der Waals surface area contributed by atoms with E-state index in [1.807, 2.05) is 36.8 Å². The molecule has 0 N–H and O–H groups in total. The summed E-state index contributed by atoms with van der Waals surface area (Å²) in [5, 5.41) is 9.04. The van der Waals surface area contributed by atoms with Crippen molar-refractivity contribution in [3.8, 4) is 0 Å². The van der Waals surface area contributed by atoms with Crippen molar-refractivity contribution in [2.75, 3.05) is 19.0 Å². The molecule has 0 unspecified atom stereocenters. The molecule has 0 saturated carbocycles. The molecule has 8 rings (SSSR count). The molecule has 2 heterocycles. The van der Waals surface area contributed by atoms with Crippen molar-refractivity contribution >= 4 is 48.9 Å². The van der Waals surface area contributed by atoms with Crippen LogP contribution in [0.1, 0.15) is 109 Å². The first-order valence-corrected chi connectivity index (χ1v) is 19.8. The highest BCUT2D eigenvalue weighted by atomic mass is 15.1. The Labute approximate surface area is 337 Å². The van der Waals surface area contributed by atoms with Crippen LogP contribution >= 0.6 is 0 Å². The molecule has 8 aromatic rings. The Balaban J connectivity index is 0.000000165. The summed E-state index contributed by atoms with van der Waals surface area (Å²) in [4.78, 5) is 10.6. The van der Waals surface area contributed by atoms with Crippen molar-refractivity contribution in [1.82, 2.24) is 9.97 Å². The minimum atomic E-state index is 0. The highest BCUT2D eigenvalue weighted by molar-refractivity contribution is 5.87. The van der Waals surface area contributed by atoms with Gasteiger partial charge in [0.05, 0.1) is 5.52 Å². The van der Waals surface area contributed by atoms with Crippen molar-refractivity contribution in [1.29, 1.82) is 0 Å². The lowest BCUT2D eigenvalue weighted by atomic mass is 9.99. The van der Waals surface area contributed by atoms with Crippen LogP contribution in [-0.2, 0) is 0 Å². The lowest BCUT2D eigenvalue weighted by Crippen LogP contribution is -2.08. The third-order valence-electron chi connectivity index (χ3n) is 10.1. The minimum Gasteiger partial charge on any atom is -0.378 e. The summed E-state index contributed by atoms with van der Waals surface area (Å²) in [6.45, 7) is 17.7. The summed E-state index contributed by atoms with van der Waals surface area (Å²) >= 11 is 0. The van der Waals surface area contributed by atoms with E-state index in [9.17, 15) is 0 Å². The standard InChI is InChI=1S/C15H19N.C13H14.2C12H13N.CH4/c1-11(2)12-5-6-14-10-15(16(3)4)8-7-13(14)9-12;1-10(2)12-8-7-11-5-3-4-6-13(11)9-12;1-9(2)10-3-4-12-8-13-6-5-11(12)7-10;1-9(2)11-7-10-5-3-4-6-12(10)13-8-11;/h5-11H,1-4H3;3-10H,1-2H3;2*3-9H,1-2H3;1H4. The van der Waals surface area contributed by atoms with Gasteiger partial charge in [0.25, 0.3) is 0 Å². The zero-order valence-electron chi connectivity index (χ0n) is 34.6. The number of rotatable bonds is 5. The fraction of sp³-hybridized carbons (Fsp3) is 0.283. The Morgan fingerprint density at radius 2 is 0.821 bits per heavy atom. The van der Waals surface area contributed by atoms with E-state index in [0.717, 1.165) is 5.52 Å². The Morgan fingerprint density at radius 3 is 1.39 bits per heavy atom. The van der Waals surface area contributed by atoms with Crippen molar-refractivity contribution < 1.29 is 0 Å². The van der Waals surface area contributed by atoms with Crippen LogP contribution < -0.4 is 4.90 Å². The van der Waals surface area contributed by atoms with Gasteiger partial charge in [0, 0.05) is 49.1 Å². The summed E-state index contributed by atoms with van der Waals surface area (Å²) in [7, 11) is 4.15. The van der Waals surface area contributed by atoms with Crippen molar-refractivity contribution in [3.05, 3.63) is 174 Å². The average Bonchev–Trinajstić information content (AvgIpc) is 3.20. The topological polar surface area (TPSA) is 29.0 Å². The summed E-state index contributed by atoms with van der Waals surface area (Å²) in [6.07, 6.45) is 5.71. The highest BCUT2D eigenvalue weighted by Gasteiger charge is 2.04. The van der Waals surface area contributed by atoms with Gasteiger partial charge in [-0.25, -0.2) is 0 Å². The van der Waals surface area contributed by atoms with Crippen molar-refractivity contribution in [3.63, 3.8) is 0 Å². The molecular formula is C53H63N3. The summed E-state index contributed by atoms with van der Waals surface area (Å²) in [5.41, 5.74) is 7.85. The maximum Gasteiger partial charge on any atom is 0.0702 e. The normalized spacial score (nSPS) is 10.8. The molecule has 6 aromatic carbocycles. The fourth-order valence-electron chi connectivity index (χ4n) is 6.32. The molecule has 2 aromatic heterocycles. The predicted molar refractivity (Wildman–Crippen MR) is 249 cm³/mol. The van der Waals surface area contributed by atoms with Crippen molar-refractivity contribution in [2.45, 2.75) is 86.5 Å². The van der Waals surface area contributed by atoms with E-state index in [-0.39, 0.29) is 7.43 Å². The van der Waals surface area contributed by atoms with E-state index >= 15 is 0 Å². The molecule has 3 heteroatoms. The SMILES string of the molecule is C.CC(C)c1ccc2cc(N(C)C)ccc2c1.CC(C)c1ccc2ccccc2c1.CC(C)c1ccc2cnccc2c1.CC(C)c1cnc2ccccc2c1. The van der Waals surface area contributed by atoms with Gasteiger partial charge in [-0.3, -0.25) is 9.97 Å². The van der Waals surface area contributed by atoms with Gasteiger partial charge >= 0.3 is 0 Å². The molecule has 0 spiro atoms. The molecule has 3 nitrogen and oxygen atoms in total. The molecule has 0 aliphatic heterocycles. The van der Waals surface area contributed by atoms with Gasteiger partial charge in [-0.2, -0.15) is 0 Å². The van der Waals surface area contributed by atoms with E-state index in [4.69, 9.17) is 0 Å². The van der Waals surface area contributed by atoms with E-state index < -0.39 is 0 Å². The smallest absolute Gasteiger partial charge is 0.0702 e. The van der Waals surface area contributed by atoms with Crippen LogP contribution in [-0.4, -0.2) is 24.1 Å². The zero-order chi connectivity index (χ0) is 39.5. The summed E-state index contributed by atoms with van der Waals surface area (Å²) in [5.74, 6) is 2.36. The van der Waals surface area contributed by atoms with Crippen LogP contribution in [0.5, 0.6) is 0 Å². The highest BCUT2D eigenvalue weighted by Crippen LogP contribution is 2.26. The second-order valence-electron chi connectivity index (χ2n) is 15.9. The first-order valence-electron chi connectivity index (χ1n) is 19.8. The van der Waals surface area contributed by atoms with Crippen LogP contribution in [0.4, 0.5) is 5.69 Å². The summed E-state index contributed by atoms with van der Waals surface area (Å²) < 4.78 is 0. The monoisotopic (exact) mass is 742 g/mol. The van der Waals surface area contributed by atoms with Gasteiger partial charge in [0.2, 0.25) is 0 Å². The fourth-order valence-corrected chi connectivity index (χ4v) is 6.32. The third kappa shape index (κ3) is 11.7. The number of para-hydroxylation sites is 1. The number of aromatic nitrogens is 2. The lowest BCUT2D eigenvalue weighted by molar-refractivity contribution is 0.862. The van der Waals surface area contributed by atoms with Crippen LogP contribution in [0.25, 0.3) is 43.2 Å². The first kappa shape index (κ1) is 43.2. The molecule has 0 aliphatic rings.